The molecule has 0 saturated carbocycles. The zero-order valence-corrected chi connectivity index (χ0v) is 11.1. The molecule has 19 heavy (non-hydrogen) atoms. The maximum atomic E-state index is 13.3. The van der Waals surface area contributed by atoms with Crippen LogP contribution < -0.4 is 5.73 Å². The Morgan fingerprint density at radius 3 is 2.95 bits per heavy atom. The van der Waals surface area contributed by atoms with Gasteiger partial charge in [-0.1, -0.05) is 0 Å². The van der Waals surface area contributed by atoms with E-state index in [-0.39, 0.29) is 11.9 Å². The summed E-state index contributed by atoms with van der Waals surface area (Å²) < 4.78 is 13.3. The van der Waals surface area contributed by atoms with Gasteiger partial charge in [-0.05, 0) is 30.8 Å². The lowest BCUT2D eigenvalue weighted by Gasteiger charge is -2.39. The molecular weight excluding hydrogens is 243 g/mol. The van der Waals surface area contributed by atoms with Gasteiger partial charge >= 0.3 is 0 Å². The fraction of sp³-hybridized carbons (Fsp3) is 0.500. The molecule has 0 spiro atoms. The quantitative estimate of drug-likeness (QED) is 0.874. The van der Waals surface area contributed by atoms with Crippen LogP contribution in [0.25, 0.3) is 0 Å². The van der Waals surface area contributed by atoms with Crippen LogP contribution in [0.1, 0.15) is 11.1 Å². The van der Waals surface area contributed by atoms with E-state index in [1.54, 1.807) is 0 Å². The molecular formula is C14H19FN4. The van der Waals surface area contributed by atoms with Crippen molar-refractivity contribution in [2.75, 3.05) is 33.2 Å². The summed E-state index contributed by atoms with van der Waals surface area (Å²) in [5.41, 5.74) is 7.08. The summed E-state index contributed by atoms with van der Waals surface area (Å²) in [6.45, 7) is 3.92. The Hall–Kier alpha value is -1.48. The molecule has 5 heteroatoms. The van der Waals surface area contributed by atoms with E-state index in [2.05, 4.69) is 22.9 Å². The molecule has 1 aliphatic rings. The van der Waals surface area contributed by atoms with E-state index < -0.39 is 0 Å². The number of nitrogens with zero attached hydrogens (tertiary/aromatic N) is 3. The van der Waals surface area contributed by atoms with Gasteiger partial charge in [0.1, 0.15) is 5.82 Å². The highest BCUT2D eigenvalue weighted by Crippen LogP contribution is 2.17. The summed E-state index contributed by atoms with van der Waals surface area (Å²) in [6.07, 6.45) is 0. The van der Waals surface area contributed by atoms with Crippen LogP contribution in [-0.4, -0.2) is 49.1 Å². The Balaban J connectivity index is 2.16. The molecule has 0 aliphatic carbocycles. The fourth-order valence-corrected chi connectivity index (χ4v) is 2.50. The molecule has 0 aromatic heterocycles. The predicted octanol–water partition coefficient (Wildman–Crippen LogP) is 0.772. The van der Waals surface area contributed by atoms with Crippen molar-refractivity contribution in [3.63, 3.8) is 0 Å². The summed E-state index contributed by atoms with van der Waals surface area (Å²) in [5, 5.41) is 9.08. The van der Waals surface area contributed by atoms with Crippen LogP contribution >= 0.6 is 0 Å². The second kappa shape index (κ2) is 6.11. The number of benzene rings is 1. The van der Waals surface area contributed by atoms with Crippen LogP contribution in [0.15, 0.2) is 18.2 Å². The van der Waals surface area contributed by atoms with Crippen molar-refractivity contribution in [1.82, 2.24) is 9.80 Å². The van der Waals surface area contributed by atoms with Gasteiger partial charge in [-0.3, -0.25) is 4.90 Å². The number of hydrogen-bond acceptors (Lipinski definition) is 4. The zero-order valence-electron chi connectivity index (χ0n) is 11.1. The lowest BCUT2D eigenvalue weighted by Crippen LogP contribution is -2.54. The molecule has 1 fully saturated rings. The molecule has 2 N–H and O–H groups in total. The van der Waals surface area contributed by atoms with Crippen LogP contribution in [0.5, 0.6) is 0 Å². The molecule has 1 unspecified atom stereocenters. The highest BCUT2D eigenvalue weighted by Gasteiger charge is 2.24. The largest absolute Gasteiger partial charge is 0.329 e. The van der Waals surface area contributed by atoms with E-state index in [0.717, 1.165) is 25.2 Å². The highest BCUT2D eigenvalue weighted by atomic mass is 19.1. The summed E-state index contributed by atoms with van der Waals surface area (Å²) in [5.74, 6) is -0.299. The topological polar surface area (TPSA) is 56.3 Å². The summed E-state index contributed by atoms with van der Waals surface area (Å²) in [6, 6.07) is 6.69. The number of nitrogens with two attached hydrogens (primary N) is 1. The van der Waals surface area contributed by atoms with Gasteiger partial charge in [0.2, 0.25) is 0 Å². The van der Waals surface area contributed by atoms with Gasteiger partial charge in [0.15, 0.2) is 0 Å². The Kier molecular flexibility index (Phi) is 4.48. The summed E-state index contributed by atoms with van der Waals surface area (Å²) in [4.78, 5) is 4.47. The molecule has 1 aromatic carbocycles. The predicted molar refractivity (Wildman–Crippen MR) is 71.9 cm³/mol. The molecule has 1 aliphatic heterocycles. The molecule has 0 bridgehead atoms. The summed E-state index contributed by atoms with van der Waals surface area (Å²) >= 11 is 0. The fourth-order valence-electron chi connectivity index (χ4n) is 2.50. The Labute approximate surface area is 113 Å². The minimum Gasteiger partial charge on any atom is -0.329 e. The number of nitriles is 1. The first-order chi connectivity index (χ1) is 9.13. The molecule has 1 aromatic rings. The minimum atomic E-state index is -0.299. The van der Waals surface area contributed by atoms with E-state index in [0.29, 0.717) is 18.7 Å². The van der Waals surface area contributed by atoms with Gasteiger partial charge in [-0.25, -0.2) is 4.39 Å². The molecule has 4 nitrogen and oxygen atoms in total. The van der Waals surface area contributed by atoms with Gasteiger partial charge in [-0.15, -0.1) is 0 Å². The number of hydrogen-bond donors (Lipinski definition) is 1. The normalized spacial score (nSPS) is 21.3. The molecule has 1 atom stereocenters. The van der Waals surface area contributed by atoms with Gasteiger partial charge in [-0.2, -0.15) is 5.26 Å². The van der Waals surface area contributed by atoms with E-state index in [1.807, 2.05) is 0 Å². The van der Waals surface area contributed by atoms with Crippen molar-refractivity contribution >= 4 is 0 Å². The van der Waals surface area contributed by atoms with Crippen LogP contribution in [-0.2, 0) is 6.54 Å². The lowest BCUT2D eigenvalue weighted by molar-refractivity contribution is 0.0879. The average molecular weight is 262 g/mol. The number of rotatable bonds is 3. The van der Waals surface area contributed by atoms with Crippen LogP contribution in [0.4, 0.5) is 4.39 Å². The molecule has 102 valence electrons. The summed E-state index contributed by atoms with van der Waals surface area (Å²) in [7, 11) is 2.07. The molecule has 2 rings (SSSR count). The Morgan fingerprint density at radius 1 is 1.47 bits per heavy atom. The third-order valence-corrected chi connectivity index (χ3v) is 3.64. The number of piperazine rings is 1. The number of halogens is 1. The van der Waals surface area contributed by atoms with Crippen LogP contribution in [0.2, 0.25) is 0 Å². The molecule has 0 radical (unpaired) electrons. The highest BCUT2D eigenvalue weighted by molar-refractivity contribution is 5.37. The minimum absolute atomic E-state index is 0.258. The first kappa shape index (κ1) is 13.9. The van der Waals surface area contributed by atoms with Crippen LogP contribution in [0.3, 0.4) is 0 Å². The van der Waals surface area contributed by atoms with Crippen molar-refractivity contribution in [3.8, 4) is 6.07 Å². The first-order valence-electron chi connectivity index (χ1n) is 6.45. The SMILES string of the molecule is CN1CCN(Cc2cc(F)ccc2C#N)C(CN)C1. The third kappa shape index (κ3) is 3.29. The van der Waals surface area contributed by atoms with E-state index in [9.17, 15) is 4.39 Å². The second-order valence-corrected chi connectivity index (χ2v) is 5.04. The first-order valence-corrected chi connectivity index (χ1v) is 6.45. The van der Waals surface area contributed by atoms with E-state index in [1.165, 1.54) is 18.2 Å². The Morgan fingerprint density at radius 2 is 2.26 bits per heavy atom. The van der Waals surface area contributed by atoms with Gasteiger partial charge in [0, 0.05) is 38.8 Å². The van der Waals surface area contributed by atoms with Gasteiger partial charge in [0.25, 0.3) is 0 Å². The maximum absolute atomic E-state index is 13.3. The average Bonchev–Trinajstić information content (AvgIpc) is 2.41. The van der Waals surface area contributed by atoms with Crippen molar-refractivity contribution in [2.24, 2.45) is 5.73 Å². The molecule has 0 amide bonds. The van der Waals surface area contributed by atoms with Crippen molar-refractivity contribution < 1.29 is 4.39 Å². The maximum Gasteiger partial charge on any atom is 0.123 e. The van der Waals surface area contributed by atoms with Crippen molar-refractivity contribution in [1.29, 1.82) is 5.26 Å². The van der Waals surface area contributed by atoms with E-state index >= 15 is 0 Å². The van der Waals surface area contributed by atoms with Crippen LogP contribution in [0, 0.1) is 17.1 Å². The third-order valence-electron chi connectivity index (χ3n) is 3.64. The van der Waals surface area contributed by atoms with Gasteiger partial charge < -0.3 is 10.6 Å². The lowest BCUT2D eigenvalue weighted by atomic mass is 10.1. The van der Waals surface area contributed by atoms with Crippen molar-refractivity contribution in [2.45, 2.75) is 12.6 Å². The monoisotopic (exact) mass is 262 g/mol. The van der Waals surface area contributed by atoms with Gasteiger partial charge in [0.05, 0.1) is 11.6 Å². The zero-order chi connectivity index (χ0) is 13.8. The molecule has 1 heterocycles. The number of likely N-dealkylation sites (N-methyl/N-ethyl adjacent to an activating group) is 1. The van der Waals surface area contributed by atoms with Crippen molar-refractivity contribution in [3.05, 3.63) is 35.1 Å². The second-order valence-electron chi connectivity index (χ2n) is 5.04. The standard InChI is InChI=1S/C14H19FN4/c1-18-4-5-19(14(8-17)10-18)9-12-6-13(15)3-2-11(12)7-16/h2-3,6,14H,4-5,8-10,17H2,1H3. The Bertz CT molecular complexity index is 483. The smallest absolute Gasteiger partial charge is 0.123 e. The molecule has 1 saturated heterocycles. The van der Waals surface area contributed by atoms with E-state index in [4.69, 9.17) is 11.0 Å².